The molecule has 0 aromatic carbocycles. The Labute approximate surface area is 129 Å². The predicted molar refractivity (Wildman–Crippen MR) is 83.6 cm³/mol. The SMILES string of the molecule is OC(CNCc1c(Cl)nc2ccccn12)CN1CCCC1. The first-order chi connectivity index (χ1) is 10.2. The topological polar surface area (TPSA) is 52.8 Å². The first kappa shape index (κ1) is 14.8. The molecule has 0 radical (unpaired) electrons. The molecule has 2 aromatic rings. The Morgan fingerprint density at radius 3 is 2.95 bits per heavy atom. The molecule has 0 amide bonds. The van der Waals surface area contributed by atoms with Crippen molar-refractivity contribution in [1.29, 1.82) is 0 Å². The summed E-state index contributed by atoms with van der Waals surface area (Å²) in [4.78, 5) is 6.62. The number of aromatic nitrogens is 2. The van der Waals surface area contributed by atoms with Crippen LogP contribution in [0.15, 0.2) is 24.4 Å². The number of hydrogen-bond acceptors (Lipinski definition) is 4. The van der Waals surface area contributed by atoms with Gasteiger partial charge in [-0.05, 0) is 38.1 Å². The molecule has 1 aliphatic rings. The maximum absolute atomic E-state index is 10.1. The molecule has 6 heteroatoms. The summed E-state index contributed by atoms with van der Waals surface area (Å²) >= 11 is 6.18. The standard InChI is InChI=1S/C15H21ClN4O/c16-15-13(20-8-2-1-5-14(20)18-15)10-17-9-12(21)11-19-6-3-4-7-19/h1-2,5,8,12,17,21H,3-4,6-7,9-11H2. The van der Waals surface area contributed by atoms with E-state index in [9.17, 15) is 5.11 Å². The Kier molecular flexibility index (Phi) is 4.75. The van der Waals surface area contributed by atoms with Gasteiger partial charge in [-0.25, -0.2) is 4.98 Å². The predicted octanol–water partition coefficient (Wildman–Crippen LogP) is 1.53. The van der Waals surface area contributed by atoms with Crippen molar-refractivity contribution < 1.29 is 5.11 Å². The van der Waals surface area contributed by atoms with Gasteiger partial charge in [-0.15, -0.1) is 0 Å². The van der Waals surface area contributed by atoms with Gasteiger partial charge in [-0.2, -0.15) is 0 Å². The number of imidazole rings is 1. The number of likely N-dealkylation sites (tertiary alicyclic amines) is 1. The van der Waals surface area contributed by atoms with Crippen LogP contribution in [0.25, 0.3) is 5.65 Å². The lowest BCUT2D eigenvalue weighted by atomic mass is 10.3. The van der Waals surface area contributed by atoms with E-state index in [0.717, 1.165) is 31.0 Å². The van der Waals surface area contributed by atoms with Crippen LogP contribution in [0.1, 0.15) is 18.5 Å². The molecule has 1 saturated heterocycles. The number of hydrogen-bond donors (Lipinski definition) is 2. The zero-order chi connectivity index (χ0) is 14.7. The van der Waals surface area contributed by atoms with Gasteiger partial charge < -0.3 is 19.7 Å². The zero-order valence-corrected chi connectivity index (χ0v) is 12.8. The molecule has 0 saturated carbocycles. The molecule has 1 aliphatic heterocycles. The molecule has 5 nitrogen and oxygen atoms in total. The molecule has 114 valence electrons. The van der Waals surface area contributed by atoms with Gasteiger partial charge in [-0.3, -0.25) is 0 Å². The quantitative estimate of drug-likeness (QED) is 0.850. The molecule has 1 atom stereocenters. The van der Waals surface area contributed by atoms with Crippen molar-refractivity contribution in [1.82, 2.24) is 19.6 Å². The Balaban J connectivity index is 1.53. The van der Waals surface area contributed by atoms with Crippen LogP contribution < -0.4 is 5.32 Å². The van der Waals surface area contributed by atoms with E-state index in [0.29, 0.717) is 18.2 Å². The van der Waals surface area contributed by atoms with Crippen LogP contribution >= 0.6 is 11.6 Å². The fourth-order valence-electron chi connectivity index (χ4n) is 2.86. The summed E-state index contributed by atoms with van der Waals surface area (Å²) in [5, 5.41) is 13.9. The fourth-order valence-corrected chi connectivity index (χ4v) is 3.11. The maximum atomic E-state index is 10.1. The first-order valence-corrected chi connectivity index (χ1v) is 7.84. The molecule has 0 spiro atoms. The average Bonchev–Trinajstić information content (AvgIpc) is 3.07. The minimum atomic E-state index is -0.346. The molecule has 3 rings (SSSR count). The monoisotopic (exact) mass is 308 g/mol. The summed E-state index contributed by atoms with van der Waals surface area (Å²) in [6.07, 6.45) is 4.10. The highest BCUT2D eigenvalue weighted by Gasteiger charge is 2.16. The number of aliphatic hydroxyl groups excluding tert-OH is 1. The number of nitrogens with zero attached hydrogens (tertiary/aromatic N) is 3. The van der Waals surface area contributed by atoms with Gasteiger partial charge in [0.1, 0.15) is 5.65 Å². The van der Waals surface area contributed by atoms with Crippen molar-refractivity contribution in [3.63, 3.8) is 0 Å². The third kappa shape index (κ3) is 3.55. The first-order valence-electron chi connectivity index (χ1n) is 7.46. The van der Waals surface area contributed by atoms with Crippen LogP contribution in [0.5, 0.6) is 0 Å². The van der Waals surface area contributed by atoms with Crippen molar-refractivity contribution in [3.8, 4) is 0 Å². The summed E-state index contributed by atoms with van der Waals surface area (Å²) in [7, 11) is 0. The van der Waals surface area contributed by atoms with Crippen molar-refractivity contribution in [2.45, 2.75) is 25.5 Å². The van der Waals surface area contributed by atoms with Crippen molar-refractivity contribution >= 4 is 17.2 Å². The third-order valence-electron chi connectivity index (χ3n) is 3.92. The van der Waals surface area contributed by atoms with Crippen LogP contribution in [0.2, 0.25) is 5.15 Å². The molecule has 0 aliphatic carbocycles. The van der Waals surface area contributed by atoms with Crippen molar-refractivity contribution in [3.05, 3.63) is 35.2 Å². The van der Waals surface area contributed by atoms with Crippen molar-refractivity contribution in [2.75, 3.05) is 26.2 Å². The smallest absolute Gasteiger partial charge is 0.152 e. The van der Waals surface area contributed by atoms with Gasteiger partial charge in [0.05, 0.1) is 11.8 Å². The summed E-state index contributed by atoms with van der Waals surface area (Å²) in [6.45, 7) is 4.12. The highest BCUT2D eigenvalue weighted by molar-refractivity contribution is 6.30. The summed E-state index contributed by atoms with van der Waals surface area (Å²) < 4.78 is 1.97. The highest BCUT2D eigenvalue weighted by Crippen LogP contribution is 2.17. The molecule has 21 heavy (non-hydrogen) atoms. The minimum absolute atomic E-state index is 0.346. The fraction of sp³-hybridized carbons (Fsp3) is 0.533. The summed E-state index contributed by atoms with van der Waals surface area (Å²) in [5.74, 6) is 0. The second-order valence-electron chi connectivity index (χ2n) is 5.57. The molecule has 0 bridgehead atoms. The second kappa shape index (κ2) is 6.75. The highest BCUT2D eigenvalue weighted by atomic mass is 35.5. The lowest BCUT2D eigenvalue weighted by Gasteiger charge is -2.19. The minimum Gasteiger partial charge on any atom is -0.390 e. The van der Waals surface area contributed by atoms with Gasteiger partial charge >= 0.3 is 0 Å². The van der Waals surface area contributed by atoms with E-state index in [1.54, 1.807) is 0 Å². The van der Waals surface area contributed by atoms with E-state index in [2.05, 4.69) is 15.2 Å². The Morgan fingerprint density at radius 2 is 2.14 bits per heavy atom. The lowest BCUT2D eigenvalue weighted by molar-refractivity contribution is 0.123. The van der Waals surface area contributed by atoms with Crippen LogP contribution in [-0.2, 0) is 6.54 Å². The molecule has 1 fully saturated rings. The van der Waals surface area contributed by atoms with Crippen LogP contribution in [-0.4, -0.2) is 51.7 Å². The molecule has 2 aromatic heterocycles. The molecule has 3 heterocycles. The summed E-state index contributed by atoms with van der Waals surface area (Å²) in [6, 6.07) is 5.82. The van der Waals surface area contributed by atoms with E-state index in [4.69, 9.17) is 11.6 Å². The molecule has 2 N–H and O–H groups in total. The summed E-state index contributed by atoms with van der Waals surface area (Å²) in [5.41, 5.74) is 1.78. The average molecular weight is 309 g/mol. The van der Waals surface area contributed by atoms with Gasteiger partial charge in [0, 0.05) is 25.8 Å². The number of β-amino-alcohol motifs (C(OH)–C–C–N with tert-alkyl or cyclic N) is 1. The molecular formula is C15H21ClN4O. The number of pyridine rings is 1. The number of nitrogens with one attached hydrogen (secondary N) is 1. The number of rotatable bonds is 6. The van der Waals surface area contributed by atoms with Crippen LogP contribution in [0.4, 0.5) is 0 Å². The molecular weight excluding hydrogens is 288 g/mol. The Bertz CT molecular complexity index is 594. The van der Waals surface area contributed by atoms with E-state index < -0.39 is 0 Å². The van der Waals surface area contributed by atoms with Gasteiger partial charge in [0.2, 0.25) is 0 Å². The van der Waals surface area contributed by atoms with Gasteiger partial charge in [0.25, 0.3) is 0 Å². The molecule has 1 unspecified atom stereocenters. The zero-order valence-electron chi connectivity index (χ0n) is 12.0. The van der Waals surface area contributed by atoms with Gasteiger partial charge in [-0.1, -0.05) is 17.7 Å². The second-order valence-corrected chi connectivity index (χ2v) is 5.93. The van der Waals surface area contributed by atoms with E-state index >= 15 is 0 Å². The number of aliphatic hydroxyl groups is 1. The third-order valence-corrected chi connectivity index (χ3v) is 4.22. The van der Waals surface area contributed by atoms with E-state index in [1.807, 2.05) is 28.8 Å². The normalized spacial score (nSPS) is 17.6. The van der Waals surface area contributed by atoms with Crippen LogP contribution in [0.3, 0.4) is 0 Å². The van der Waals surface area contributed by atoms with Crippen molar-refractivity contribution in [2.24, 2.45) is 0 Å². The number of halogens is 1. The largest absolute Gasteiger partial charge is 0.390 e. The Morgan fingerprint density at radius 1 is 1.33 bits per heavy atom. The Hall–Kier alpha value is -1.14. The maximum Gasteiger partial charge on any atom is 0.152 e. The van der Waals surface area contributed by atoms with E-state index in [1.165, 1.54) is 12.8 Å². The number of fused-ring (bicyclic) bond motifs is 1. The lowest BCUT2D eigenvalue weighted by Crippen LogP contribution is -2.37. The van der Waals surface area contributed by atoms with E-state index in [-0.39, 0.29) is 6.10 Å². The van der Waals surface area contributed by atoms with Gasteiger partial charge in [0.15, 0.2) is 5.15 Å². The van der Waals surface area contributed by atoms with Crippen LogP contribution in [0, 0.1) is 0 Å².